The highest BCUT2D eigenvalue weighted by Crippen LogP contribution is 2.46. The van der Waals surface area contributed by atoms with Crippen LogP contribution in [-0.2, 0) is 15.6 Å². The minimum absolute atomic E-state index is 0.267. The average molecular weight is 487 g/mol. The lowest BCUT2D eigenvalue weighted by atomic mass is 10.1. The van der Waals surface area contributed by atoms with Gasteiger partial charge in [-0.15, -0.1) is 11.3 Å². The Labute approximate surface area is 194 Å². The molecule has 3 aromatic heterocycles. The topological polar surface area (TPSA) is 136 Å². The van der Waals surface area contributed by atoms with Crippen molar-refractivity contribution in [1.29, 1.82) is 0 Å². The van der Waals surface area contributed by atoms with E-state index >= 15 is 0 Å². The van der Waals surface area contributed by atoms with Gasteiger partial charge in [0.15, 0.2) is 5.13 Å². The molecular formula is C21H22N6O4S2. The number of aromatic nitrogens is 4. The molecule has 0 aromatic carbocycles. The fourth-order valence-electron chi connectivity index (χ4n) is 3.36. The van der Waals surface area contributed by atoms with E-state index in [2.05, 4.69) is 30.0 Å². The SMILES string of the molecule is CCOc1cncc(-c2ccc(C(=O)NC3(c4csc(NS(=O)(=O)C5CC5)n4)CC3)nc2)n1. The molecule has 33 heavy (non-hydrogen) atoms. The van der Waals surface area contributed by atoms with Gasteiger partial charge in [-0.05, 0) is 44.7 Å². The highest BCUT2D eigenvalue weighted by molar-refractivity contribution is 7.93. The van der Waals surface area contributed by atoms with Crippen molar-refractivity contribution in [2.45, 2.75) is 43.4 Å². The Kier molecular flexibility index (Phi) is 5.49. The van der Waals surface area contributed by atoms with Crippen LogP contribution in [0, 0.1) is 0 Å². The van der Waals surface area contributed by atoms with Crippen molar-refractivity contribution in [2.24, 2.45) is 0 Å². The van der Waals surface area contributed by atoms with Gasteiger partial charge in [-0.2, -0.15) is 0 Å². The van der Waals surface area contributed by atoms with Crippen LogP contribution >= 0.6 is 11.3 Å². The molecule has 0 radical (unpaired) electrons. The Morgan fingerprint density at radius 2 is 2.03 bits per heavy atom. The first-order valence-corrected chi connectivity index (χ1v) is 13.0. The number of amides is 1. The predicted molar refractivity (Wildman–Crippen MR) is 122 cm³/mol. The summed E-state index contributed by atoms with van der Waals surface area (Å²) >= 11 is 1.22. The summed E-state index contributed by atoms with van der Waals surface area (Å²) in [6.07, 6.45) is 7.55. The number of nitrogens with zero attached hydrogens (tertiary/aromatic N) is 4. The lowest BCUT2D eigenvalue weighted by molar-refractivity contribution is 0.0925. The third-order valence-corrected chi connectivity index (χ3v) is 8.20. The van der Waals surface area contributed by atoms with E-state index < -0.39 is 15.6 Å². The molecule has 0 unspecified atom stereocenters. The van der Waals surface area contributed by atoms with E-state index in [1.807, 2.05) is 6.92 Å². The minimum Gasteiger partial charge on any atom is -0.477 e. The number of thiazole rings is 1. The maximum atomic E-state index is 12.8. The normalized spacial score (nSPS) is 16.8. The maximum absolute atomic E-state index is 12.8. The number of nitrogens with one attached hydrogen (secondary N) is 2. The van der Waals surface area contributed by atoms with Crippen LogP contribution in [0.5, 0.6) is 5.88 Å². The van der Waals surface area contributed by atoms with Crippen molar-refractivity contribution in [3.05, 3.63) is 47.5 Å². The summed E-state index contributed by atoms with van der Waals surface area (Å²) in [5, 5.41) is 4.81. The molecule has 2 saturated carbocycles. The standard InChI is InChI=1S/C21H22N6O4S2/c1-2-31-18-11-22-10-16(24-18)13-3-6-15(23-9-13)19(28)26-21(7-8-21)17-12-32-20(25-17)27-33(29,30)14-4-5-14/h3,6,9-12,14H,2,4-5,7-8H2,1H3,(H,25,27)(H,26,28). The van der Waals surface area contributed by atoms with E-state index in [-0.39, 0.29) is 16.9 Å². The number of carbonyl (C=O) groups excluding carboxylic acids is 1. The first kappa shape index (κ1) is 21.7. The Bertz CT molecular complexity index is 1280. The summed E-state index contributed by atoms with van der Waals surface area (Å²) in [5.41, 5.74) is 1.66. The molecule has 2 aliphatic carbocycles. The van der Waals surface area contributed by atoms with Crippen molar-refractivity contribution in [3.8, 4) is 17.1 Å². The molecule has 0 bridgehead atoms. The summed E-state index contributed by atoms with van der Waals surface area (Å²) in [6.45, 7) is 2.36. The molecule has 12 heteroatoms. The van der Waals surface area contributed by atoms with Crippen LogP contribution in [-0.4, -0.2) is 46.1 Å². The number of carbonyl (C=O) groups is 1. The molecule has 2 N–H and O–H groups in total. The van der Waals surface area contributed by atoms with Crippen molar-refractivity contribution >= 4 is 32.4 Å². The number of pyridine rings is 1. The predicted octanol–water partition coefficient (Wildman–Crippen LogP) is 2.72. The lowest BCUT2D eigenvalue weighted by Crippen LogP contribution is -2.35. The minimum atomic E-state index is -3.37. The molecule has 10 nitrogen and oxygen atoms in total. The average Bonchev–Trinajstić information content (AvgIpc) is 3.74. The molecule has 3 aromatic rings. The van der Waals surface area contributed by atoms with Gasteiger partial charge in [-0.25, -0.2) is 18.4 Å². The van der Waals surface area contributed by atoms with Gasteiger partial charge in [-0.3, -0.25) is 19.5 Å². The van der Waals surface area contributed by atoms with Crippen LogP contribution in [0.15, 0.2) is 36.1 Å². The van der Waals surface area contributed by atoms with Gasteiger partial charge in [0.25, 0.3) is 5.91 Å². The first-order chi connectivity index (χ1) is 15.9. The van der Waals surface area contributed by atoms with Crippen LogP contribution in [0.3, 0.4) is 0 Å². The quantitative estimate of drug-likeness (QED) is 0.471. The fraction of sp³-hybridized carbons (Fsp3) is 0.381. The van der Waals surface area contributed by atoms with E-state index in [9.17, 15) is 13.2 Å². The van der Waals surface area contributed by atoms with E-state index in [1.54, 1.807) is 29.9 Å². The number of hydrogen-bond acceptors (Lipinski definition) is 9. The van der Waals surface area contributed by atoms with E-state index in [4.69, 9.17) is 4.74 Å². The number of hydrogen-bond donors (Lipinski definition) is 2. The van der Waals surface area contributed by atoms with Crippen molar-refractivity contribution < 1.29 is 17.9 Å². The zero-order valence-electron chi connectivity index (χ0n) is 17.8. The van der Waals surface area contributed by atoms with Crippen LogP contribution in [0.2, 0.25) is 0 Å². The third kappa shape index (κ3) is 4.67. The van der Waals surface area contributed by atoms with Gasteiger partial charge in [-0.1, -0.05) is 0 Å². The molecule has 0 spiro atoms. The molecule has 5 rings (SSSR count). The highest BCUT2D eigenvalue weighted by atomic mass is 32.2. The van der Waals surface area contributed by atoms with Gasteiger partial charge in [0.05, 0.1) is 41.2 Å². The monoisotopic (exact) mass is 486 g/mol. The second-order valence-corrected chi connectivity index (χ2v) is 10.8. The number of sulfonamides is 1. The second kappa shape index (κ2) is 8.34. The third-order valence-electron chi connectivity index (χ3n) is 5.49. The molecule has 0 aliphatic heterocycles. The highest BCUT2D eigenvalue weighted by Gasteiger charge is 2.48. The first-order valence-electron chi connectivity index (χ1n) is 10.6. The van der Waals surface area contributed by atoms with Gasteiger partial charge < -0.3 is 10.1 Å². The lowest BCUT2D eigenvalue weighted by Gasteiger charge is -2.15. The van der Waals surface area contributed by atoms with Gasteiger partial charge >= 0.3 is 0 Å². The molecular weight excluding hydrogens is 464 g/mol. The summed E-state index contributed by atoms with van der Waals surface area (Å²) in [7, 11) is -3.37. The Balaban J connectivity index is 1.26. The zero-order valence-corrected chi connectivity index (χ0v) is 19.4. The summed E-state index contributed by atoms with van der Waals surface area (Å²) in [5.74, 6) is 0.107. The van der Waals surface area contributed by atoms with Crippen LogP contribution < -0.4 is 14.8 Å². The molecule has 2 aliphatic rings. The Morgan fingerprint density at radius 3 is 2.70 bits per heavy atom. The summed E-state index contributed by atoms with van der Waals surface area (Å²) in [4.78, 5) is 30.1. The van der Waals surface area contributed by atoms with E-state index in [1.165, 1.54) is 17.5 Å². The molecule has 1 amide bonds. The number of ether oxygens (including phenoxy) is 1. The van der Waals surface area contributed by atoms with Crippen molar-refractivity contribution in [1.82, 2.24) is 25.3 Å². The van der Waals surface area contributed by atoms with Crippen LogP contribution in [0.1, 0.15) is 48.8 Å². The molecule has 172 valence electrons. The largest absolute Gasteiger partial charge is 0.477 e. The molecule has 3 heterocycles. The Hall–Kier alpha value is -3.12. The van der Waals surface area contributed by atoms with E-state index in [0.29, 0.717) is 47.4 Å². The van der Waals surface area contributed by atoms with Crippen molar-refractivity contribution in [3.63, 3.8) is 0 Å². The van der Waals surface area contributed by atoms with Crippen LogP contribution in [0.4, 0.5) is 5.13 Å². The van der Waals surface area contributed by atoms with Crippen molar-refractivity contribution in [2.75, 3.05) is 11.3 Å². The maximum Gasteiger partial charge on any atom is 0.270 e. The number of rotatable bonds is 9. The smallest absolute Gasteiger partial charge is 0.270 e. The zero-order chi connectivity index (χ0) is 23.1. The van der Waals surface area contributed by atoms with Gasteiger partial charge in [0.2, 0.25) is 15.9 Å². The molecule has 0 atom stereocenters. The molecule has 2 fully saturated rings. The second-order valence-electron chi connectivity index (χ2n) is 8.03. The summed E-state index contributed by atoms with van der Waals surface area (Å²) < 4.78 is 32.2. The molecule has 0 saturated heterocycles. The van der Waals surface area contributed by atoms with Crippen LogP contribution in [0.25, 0.3) is 11.3 Å². The van der Waals surface area contributed by atoms with Gasteiger partial charge in [0.1, 0.15) is 5.69 Å². The Morgan fingerprint density at radius 1 is 1.21 bits per heavy atom. The fourth-order valence-corrected chi connectivity index (χ4v) is 5.77. The summed E-state index contributed by atoms with van der Waals surface area (Å²) in [6, 6.07) is 3.39. The van der Waals surface area contributed by atoms with E-state index in [0.717, 1.165) is 12.8 Å². The van der Waals surface area contributed by atoms with Gasteiger partial charge in [0, 0.05) is 17.1 Å². The number of anilines is 1.